The van der Waals surface area contributed by atoms with Gasteiger partial charge >= 0.3 is 12.1 Å². The highest BCUT2D eigenvalue weighted by Crippen LogP contribution is 2.20. The van der Waals surface area contributed by atoms with E-state index in [1.54, 1.807) is 59.9 Å². The van der Waals surface area contributed by atoms with E-state index >= 15 is 0 Å². The molecule has 0 aliphatic rings. The van der Waals surface area contributed by atoms with Crippen LogP contribution >= 0.6 is 0 Å². The molecule has 0 radical (unpaired) electrons. The Kier molecular flexibility index (Phi) is 11.1. The molecular formula is C35H44N6O7. The minimum absolute atomic E-state index is 0.00403. The zero-order valence-electron chi connectivity index (χ0n) is 28.0. The van der Waals surface area contributed by atoms with Crippen LogP contribution < -0.4 is 16.0 Å². The van der Waals surface area contributed by atoms with Gasteiger partial charge in [-0.15, -0.1) is 0 Å². The molecule has 0 fully saturated rings. The molecule has 3 amide bonds. The molecule has 0 aliphatic carbocycles. The normalized spacial score (nSPS) is 13.6. The first-order chi connectivity index (χ1) is 22.6. The number of phenolic OH excluding ortho intramolecular Hbond substituents is 1. The van der Waals surface area contributed by atoms with Gasteiger partial charge in [-0.25, -0.2) is 14.6 Å². The Bertz CT molecular complexity index is 1700. The molecule has 0 spiro atoms. The summed E-state index contributed by atoms with van der Waals surface area (Å²) in [4.78, 5) is 64.2. The summed E-state index contributed by atoms with van der Waals surface area (Å²) in [6.07, 6.45) is 4.11. The first kappa shape index (κ1) is 35.5. The minimum atomic E-state index is -1.19. The predicted molar refractivity (Wildman–Crippen MR) is 179 cm³/mol. The molecule has 4 aromatic rings. The van der Waals surface area contributed by atoms with Crippen LogP contribution in [0.25, 0.3) is 10.9 Å². The summed E-state index contributed by atoms with van der Waals surface area (Å²) in [5.41, 5.74) is 1.21. The van der Waals surface area contributed by atoms with Crippen LogP contribution in [0.4, 0.5) is 4.79 Å². The van der Waals surface area contributed by atoms with E-state index in [0.717, 1.165) is 16.5 Å². The van der Waals surface area contributed by atoms with Crippen LogP contribution in [-0.2, 0) is 43.1 Å². The Morgan fingerprint density at radius 1 is 0.771 bits per heavy atom. The number of benzene rings is 2. The lowest BCUT2D eigenvalue weighted by Gasteiger charge is -2.27. The van der Waals surface area contributed by atoms with E-state index in [0.29, 0.717) is 11.3 Å². The Balaban J connectivity index is 1.60. The number of H-pyrrole nitrogens is 2. The number of esters is 1. The molecular weight excluding hydrogens is 616 g/mol. The molecule has 2 aromatic heterocycles. The van der Waals surface area contributed by atoms with Crippen molar-refractivity contribution in [2.45, 2.75) is 90.1 Å². The van der Waals surface area contributed by atoms with Crippen molar-refractivity contribution in [2.75, 3.05) is 0 Å². The van der Waals surface area contributed by atoms with Crippen molar-refractivity contribution in [2.24, 2.45) is 0 Å². The van der Waals surface area contributed by atoms with Gasteiger partial charge in [0.1, 0.15) is 35.1 Å². The number of carbonyl (C=O) groups is 4. The molecule has 6 N–H and O–H groups in total. The van der Waals surface area contributed by atoms with Crippen molar-refractivity contribution in [3.05, 3.63) is 84.1 Å². The summed E-state index contributed by atoms with van der Waals surface area (Å²) in [6.45, 7) is 10.3. The maximum absolute atomic E-state index is 14.0. The molecule has 2 aromatic carbocycles. The molecule has 4 rings (SSSR count). The number of carbonyl (C=O) groups excluding carboxylic acids is 4. The Hall–Kier alpha value is -5.33. The van der Waals surface area contributed by atoms with Gasteiger partial charge in [-0.3, -0.25) is 9.59 Å². The second-order valence-electron chi connectivity index (χ2n) is 13.6. The topological polar surface area (TPSA) is 188 Å². The van der Waals surface area contributed by atoms with Crippen molar-refractivity contribution in [3.63, 3.8) is 0 Å². The quantitative estimate of drug-likeness (QED) is 0.124. The highest BCUT2D eigenvalue weighted by atomic mass is 16.6. The number of nitrogens with zero attached hydrogens (tertiary/aromatic N) is 1. The summed E-state index contributed by atoms with van der Waals surface area (Å²) in [7, 11) is 0. The zero-order valence-corrected chi connectivity index (χ0v) is 28.0. The van der Waals surface area contributed by atoms with Crippen LogP contribution in [0.2, 0.25) is 0 Å². The SMILES string of the molecule is CC(C)(C)OC(=O)N[C@@H](Cc1c[nH]c2ccccc12)C(=O)N[C@@H](Cc1cnc[nH]1)C(=O)N[C@@H](Cc1ccc(O)cc1)C(=O)OC(C)(C)C. The number of fused-ring (bicyclic) bond motifs is 1. The van der Waals surface area contributed by atoms with Crippen LogP contribution in [0.1, 0.15) is 58.4 Å². The summed E-state index contributed by atoms with van der Waals surface area (Å²) >= 11 is 0. The number of aromatic hydroxyl groups is 1. The van der Waals surface area contributed by atoms with Gasteiger partial charge in [-0.05, 0) is 70.9 Å². The summed E-state index contributed by atoms with van der Waals surface area (Å²) < 4.78 is 11.1. The van der Waals surface area contributed by atoms with Crippen LogP contribution in [0.3, 0.4) is 0 Å². The summed E-state index contributed by atoms with van der Waals surface area (Å²) in [6, 6.07) is 10.4. The summed E-state index contributed by atoms with van der Waals surface area (Å²) in [5, 5.41) is 18.8. The van der Waals surface area contributed by atoms with E-state index in [9.17, 15) is 24.3 Å². The third-order valence-corrected chi connectivity index (χ3v) is 7.10. The Morgan fingerprint density at radius 2 is 1.40 bits per heavy atom. The predicted octanol–water partition coefficient (Wildman–Crippen LogP) is 3.83. The molecule has 0 unspecified atom stereocenters. The highest BCUT2D eigenvalue weighted by Gasteiger charge is 2.33. The number of phenols is 1. The number of amides is 3. The van der Waals surface area contributed by atoms with Crippen LogP contribution in [0.15, 0.2) is 67.3 Å². The molecule has 3 atom stereocenters. The van der Waals surface area contributed by atoms with Crippen LogP contribution in [-0.4, -0.2) is 73.3 Å². The van der Waals surface area contributed by atoms with Gasteiger partial charge in [0.15, 0.2) is 0 Å². The first-order valence-corrected chi connectivity index (χ1v) is 15.7. The Labute approximate surface area is 279 Å². The fourth-order valence-corrected chi connectivity index (χ4v) is 4.98. The lowest BCUT2D eigenvalue weighted by Crippen LogP contribution is -2.57. The number of aromatic nitrogens is 3. The van der Waals surface area contributed by atoms with Gasteiger partial charge in [-0.1, -0.05) is 30.3 Å². The number of aromatic amines is 2. The maximum Gasteiger partial charge on any atom is 0.408 e. The van der Waals surface area contributed by atoms with Crippen molar-refractivity contribution >= 4 is 34.8 Å². The second kappa shape index (κ2) is 15.1. The Morgan fingerprint density at radius 3 is 2.02 bits per heavy atom. The monoisotopic (exact) mass is 660 g/mol. The van der Waals surface area contributed by atoms with Crippen LogP contribution in [0, 0.1) is 0 Å². The van der Waals surface area contributed by atoms with Gasteiger partial charge < -0.3 is 40.5 Å². The van der Waals surface area contributed by atoms with E-state index < -0.39 is 53.2 Å². The number of para-hydroxylation sites is 1. The van der Waals surface area contributed by atoms with Crippen molar-refractivity contribution in [3.8, 4) is 5.75 Å². The smallest absolute Gasteiger partial charge is 0.408 e. The molecule has 13 heteroatoms. The molecule has 2 heterocycles. The van der Waals surface area contributed by atoms with Crippen molar-refractivity contribution in [1.29, 1.82) is 0 Å². The number of hydrogen-bond acceptors (Lipinski definition) is 8. The molecule has 0 saturated carbocycles. The average molecular weight is 661 g/mol. The number of nitrogens with one attached hydrogen (secondary N) is 5. The van der Waals surface area contributed by atoms with Gasteiger partial charge in [0.05, 0.1) is 6.33 Å². The maximum atomic E-state index is 14.0. The molecule has 13 nitrogen and oxygen atoms in total. The third-order valence-electron chi connectivity index (χ3n) is 7.10. The number of rotatable bonds is 12. The number of hydrogen-bond donors (Lipinski definition) is 6. The minimum Gasteiger partial charge on any atom is -0.508 e. The van der Waals surface area contributed by atoms with E-state index in [2.05, 4.69) is 30.9 Å². The molecule has 256 valence electrons. The van der Waals surface area contributed by atoms with Gasteiger partial charge in [-0.2, -0.15) is 0 Å². The zero-order chi connectivity index (χ0) is 35.1. The average Bonchev–Trinajstić information content (AvgIpc) is 3.65. The molecule has 0 aliphatic heterocycles. The van der Waals surface area contributed by atoms with E-state index in [-0.39, 0.29) is 25.0 Å². The lowest BCUT2D eigenvalue weighted by molar-refractivity contribution is -0.158. The third kappa shape index (κ3) is 10.6. The second-order valence-corrected chi connectivity index (χ2v) is 13.6. The standard InChI is InChI=1S/C35H44N6O7/c1-34(2,3)47-32(45)29(15-21-11-13-24(42)14-12-21)40-31(44)28(17-23-19-36-20-38-23)39-30(43)27(41-33(46)48-35(4,5)6)16-22-18-37-26-10-8-7-9-25(22)26/h7-14,18-20,27-29,37,42H,15-17H2,1-6H3,(H,36,38)(H,39,43)(H,40,44)(H,41,46)/t27-,28-,29-/m0/s1. The molecule has 48 heavy (non-hydrogen) atoms. The highest BCUT2D eigenvalue weighted by molar-refractivity contribution is 5.94. The van der Waals surface area contributed by atoms with E-state index in [1.807, 2.05) is 24.3 Å². The van der Waals surface area contributed by atoms with Gasteiger partial charge in [0.2, 0.25) is 11.8 Å². The largest absolute Gasteiger partial charge is 0.508 e. The first-order valence-electron chi connectivity index (χ1n) is 15.7. The van der Waals surface area contributed by atoms with Gasteiger partial charge in [0.25, 0.3) is 0 Å². The van der Waals surface area contributed by atoms with Crippen molar-refractivity contribution < 1.29 is 33.8 Å². The van der Waals surface area contributed by atoms with Gasteiger partial charge in [0, 0.05) is 48.3 Å². The van der Waals surface area contributed by atoms with Crippen LogP contribution in [0.5, 0.6) is 5.75 Å². The number of ether oxygens (including phenoxy) is 2. The van der Waals surface area contributed by atoms with E-state index in [4.69, 9.17) is 9.47 Å². The lowest BCUT2D eigenvalue weighted by atomic mass is 10.0. The number of imidazole rings is 1. The number of alkyl carbamates (subject to hydrolysis) is 1. The fraction of sp³-hybridized carbons (Fsp3) is 0.400. The fourth-order valence-electron chi connectivity index (χ4n) is 4.98. The van der Waals surface area contributed by atoms with Crippen molar-refractivity contribution in [1.82, 2.24) is 30.9 Å². The van der Waals surface area contributed by atoms with E-state index in [1.165, 1.54) is 24.7 Å². The molecule has 0 saturated heterocycles. The summed E-state index contributed by atoms with van der Waals surface area (Å²) in [5.74, 6) is -1.91. The molecule has 0 bridgehead atoms.